The molecule has 0 heterocycles. The van der Waals surface area contributed by atoms with Crippen molar-refractivity contribution in [3.63, 3.8) is 0 Å². The van der Waals surface area contributed by atoms with Gasteiger partial charge >= 0.3 is 7.60 Å². The lowest BCUT2D eigenvalue weighted by atomic mass is 10.8. The summed E-state index contributed by atoms with van der Waals surface area (Å²) in [6.45, 7) is 3.50. The quantitative estimate of drug-likeness (QED) is 0.658. The summed E-state index contributed by atoms with van der Waals surface area (Å²) >= 11 is 6.88. The van der Waals surface area contributed by atoms with Gasteiger partial charge in [0.05, 0.1) is 5.49 Å². The van der Waals surface area contributed by atoms with E-state index in [1.54, 1.807) is 0 Å². The topological polar surface area (TPSA) is 35.5 Å². The van der Waals surface area contributed by atoms with Gasteiger partial charge in [-0.05, 0) is 0 Å². The second kappa shape index (κ2) is 6.06. The Kier molecular flexibility index (Phi) is 6.32. The molecule has 0 spiro atoms. The standard InChI is InChI=1S/C6H12ClO3PS/c1-6(7)4-12-5-11(8,9-2)10-3/h1,4-5H2,2-3H3. The van der Waals surface area contributed by atoms with Crippen LogP contribution < -0.4 is 0 Å². The van der Waals surface area contributed by atoms with Gasteiger partial charge in [-0.1, -0.05) is 18.2 Å². The van der Waals surface area contributed by atoms with Gasteiger partial charge in [0.25, 0.3) is 0 Å². The van der Waals surface area contributed by atoms with Gasteiger partial charge in [0, 0.05) is 25.0 Å². The van der Waals surface area contributed by atoms with Crippen LogP contribution in [0.25, 0.3) is 0 Å². The Balaban J connectivity index is 3.74. The Morgan fingerprint density at radius 3 is 2.42 bits per heavy atom. The van der Waals surface area contributed by atoms with Crippen LogP contribution in [0.3, 0.4) is 0 Å². The second-order valence-corrected chi connectivity index (χ2v) is 6.19. The van der Waals surface area contributed by atoms with Crippen molar-refractivity contribution in [3.05, 3.63) is 11.6 Å². The highest BCUT2D eigenvalue weighted by atomic mass is 35.5. The molecule has 72 valence electrons. The first kappa shape index (κ1) is 12.5. The molecular formula is C6H12ClO3PS. The van der Waals surface area contributed by atoms with Crippen molar-refractivity contribution >= 4 is 31.0 Å². The van der Waals surface area contributed by atoms with Crippen molar-refractivity contribution in [1.82, 2.24) is 0 Å². The molecule has 0 fully saturated rings. The van der Waals surface area contributed by atoms with Crippen molar-refractivity contribution in [3.8, 4) is 0 Å². The van der Waals surface area contributed by atoms with E-state index in [2.05, 4.69) is 6.58 Å². The molecule has 3 nitrogen and oxygen atoms in total. The summed E-state index contributed by atoms with van der Waals surface area (Å²) in [6, 6.07) is 0. The van der Waals surface area contributed by atoms with E-state index in [9.17, 15) is 4.57 Å². The van der Waals surface area contributed by atoms with Crippen molar-refractivity contribution in [2.45, 2.75) is 0 Å². The van der Waals surface area contributed by atoms with E-state index in [4.69, 9.17) is 20.6 Å². The molecule has 0 aliphatic carbocycles. The van der Waals surface area contributed by atoms with E-state index in [0.717, 1.165) is 0 Å². The largest absolute Gasteiger partial charge is 0.339 e. The summed E-state index contributed by atoms with van der Waals surface area (Å²) in [7, 11) is -0.151. The molecule has 0 atom stereocenters. The Morgan fingerprint density at radius 1 is 1.58 bits per heavy atom. The molecule has 6 heteroatoms. The molecule has 0 unspecified atom stereocenters. The molecule has 0 aromatic heterocycles. The summed E-state index contributed by atoms with van der Waals surface area (Å²) in [5.74, 6) is 0.554. The van der Waals surface area contributed by atoms with Crippen molar-refractivity contribution in [2.75, 3.05) is 25.5 Å². The van der Waals surface area contributed by atoms with Gasteiger partial charge in [-0.2, -0.15) is 0 Å². The smallest absolute Gasteiger partial charge is 0.311 e. The maximum absolute atomic E-state index is 11.4. The lowest BCUT2D eigenvalue weighted by molar-refractivity contribution is 0.281. The van der Waals surface area contributed by atoms with Gasteiger partial charge in [-0.3, -0.25) is 4.57 Å². The molecule has 0 N–H and O–H groups in total. The van der Waals surface area contributed by atoms with Crippen LogP contribution in [0.5, 0.6) is 0 Å². The SMILES string of the molecule is C=C(Cl)CSCP(=O)(OC)OC. The van der Waals surface area contributed by atoms with E-state index in [1.165, 1.54) is 26.0 Å². The molecule has 0 aliphatic rings. The van der Waals surface area contributed by atoms with Crippen LogP contribution in [-0.2, 0) is 13.6 Å². The van der Waals surface area contributed by atoms with Gasteiger partial charge in [0.15, 0.2) is 0 Å². The first-order valence-corrected chi connectivity index (χ1v) is 6.41. The predicted octanol–water partition coefficient (Wildman–Crippen LogP) is 2.92. The minimum absolute atomic E-state index is 0.297. The van der Waals surface area contributed by atoms with Gasteiger partial charge in [0.2, 0.25) is 0 Å². The van der Waals surface area contributed by atoms with E-state index in [0.29, 0.717) is 16.3 Å². The molecule has 0 rings (SSSR count). The molecule has 12 heavy (non-hydrogen) atoms. The van der Waals surface area contributed by atoms with Crippen molar-refractivity contribution < 1.29 is 13.6 Å². The van der Waals surface area contributed by atoms with Crippen molar-refractivity contribution in [2.24, 2.45) is 0 Å². The van der Waals surface area contributed by atoms with Crippen LogP contribution in [0.15, 0.2) is 11.6 Å². The lowest BCUT2D eigenvalue weighted by Gasteiger charge is -2.12. The van der Waals surface area contributed by atoms with E-state index < -0.39 is 7.60 Å². The molecule has 0 radical (unpaired) electrons. The van der Waals surface area contributed by atoms with E-state index in [-0.39, 0.29) is 0 Å². The maximum Gasteiger partial charge on any atom is 0.339 e. The molecule has 0 saturated carbocycles. The van der Waals surface area contributed by atoms with Gasteiger partial charge in [-0.15, -0.1) is 11.8 Å². The fraction of sp³-hybridized carbons (Fsp3) is 0.667. The third-order valence-corrected chi connectivity index (χ3v) is 5.02. The van der Waals surface area contributed by atoms with Crippen LogP contribution in [0.4, 0.5) is 0 Å². The predicted molar refractivity (Wildman–Crippen MR) is 53.9 cm³/mol. The minimum Gasteiger partial charge on any atom is -0.311 e. The molecule has 0 amide bonds. The van der Waals surface area contributed by atoms with Crippen LogP contribution >= 0.6 is 31.0 Å². The zero-order chi connectivity index (χ0) is 9.61. The average molecular weight is 231 g/mol. The number of rotatable bonds is 6. The van der Waals surface area contributed by atoms with Gasteiger partial charge < -0.3 is 9.05 Å². The fourth-order valence-corrected chi connectivity index (χ4v) is 3.15. The Hall–Kier alpha value is 0.530. The number of hydrogen-bond donors (Lipinski definition) is 0. The average Bonchev–Trinajstić information content (AvgIpc) is 2.03. The molecule has 0 saturated heterocycles. The van der Waals surface area contributed by atoms with Gasteiger partial charge in [-0.25, -0.2) is 0 Å². The first-order valence-electron chi connectivity index (χ1n) is 3.15. The summed E-state index contributed by atoms with van der Waals surface area (Å²) in [5.41, 5.74) is 0.297. The molecule has 0 aliphatic heterocycles. The minimum atomic E-state index is -2.87. The molecular weight excluding hydrogens is 219 g/mol. The van der Waals surface area contributed by atoms with Crippen LogP contribution in [0.1, 0.15) is 0 Å². The molecule has 0 aromatic carbocycles. The van der Waals surface area contributed by atoms with Crippen LogP contribution in [0.2, 0.25) is 0 Å². The summed E-state index contributed by atoms with van der Waals surface area (Å²) in [4.78, 5) is 0. The van der Waals surface area contributed by atoms with Crippen molar-refractivity contribution in [1.29, 1.82) is 0 Å². The van der Waals surface area contributed by atoms with E-state index >= 15 is 0 Å². The Bertz CT molecular complexity index is 189. The fourth-order valence-electron chi connectivity index (χ4n) is 0.448. The summed E-state index contributed by atoms with van der Waals surface area (Å²) in [6.07, 6.45) is 0. The van der Waals surface area contributed by atoms with Crippen LogP contribution in [-0.4, -0.2) is 25.5 Å². The second-order valence-electron chi connectivity index (χ2n) is 1.97. The third kappa shape index (κ3) is 5.22. The monoisotopic (exact) mass is 230 g/mol. The lowest BCUT2D eigenvalue weighted by Crippen LogP contribution is -1.92. The zero-order valence-corrected chi connectivity index (χ0v) is 9.55. The zero-order valence-electron chi connectivity index (χ0n) is 7.08. The van der Waals surface area contributed by atoms with Crippen LogP contribution in [0, 0.1) is 0 Å². The number of halogens is 1. The normalized spacial score (nSPS) is 11.6. The summed E-state index contributed by atoms with van der Waals surface area (Å²) in [5, 5.41) is 0.527. The molecule has 0 bridgehead atoms. The number of thioether (sulfide) groups is 1. The number of hydrogen-bond acceptors (Lipinski definition) is 4. The Labute approximate surface area is 82.0 Å². The Morgan fingerprint density at radius 2 is 2.08 bits per heavy atom. The first-order chi connectivity index (χ1) is 5.54. The maximum atomic E-state index is 11.4. The highest BCUT2D eigenvalue weighted by Gasteiger charge is 2.20. The van der Waals surface area contributed by atoms with E-state index in [1.807, 2.05) is 0 Å². The highest BCUT2D eigenvalue weighted by Crippen LogP contribution is 2.49. The van der Waals surface area contributed by atoms with Gasteiger partial charge in [0.1, 0.15) is 0 Å². The summed E-state index contributed by atoms with van der Waals surface area (Å²) < 4.78 is 20.8. The molecule has 0 aromatic rings. The highest BCUT2D eigenvalue weighted by molar-refractivity contribution is 8.04. The third-order valence-electron chi connectivity index (χ3n) is 1.06.